The maximum Gasteiger partial charge on any atom is 0.338 e. The highest BCUT2D eigenvalue weighted by Gasteiger charge is 2.30. The maximum atomic E-state index is 12.8. The molecule has 0 radical (unpaired) electrons. The Morgan fingerprint density at radius 2 is 1.89 bits per heavy atom. The van der Waals surface area contributed by atoms with Crippen molar-refractivity contribution in [2.75, 3.05) is 19.7 Å². The zero-order chi connectivity index (χ0) is 20.0. The SMILES string of the molecule is CC(C)CNC(=O)COC(=O)c1ccc(S(=O)(=O)N2CCCC[C@H]2C)cc1. The van der Waals surface area contributed by atoms with Crippen molar-refractivity contribution in [3.05, 3.63) is 29.8 Å². The van der Waals surface area contributed by atoms with E-state index in [4.69, 9.17) is 4.74 Å². The van der Waals surface area contributed by atoms with E-state index in [1.165, 1.54) is 28.6 Å². The summed E-state index contributed by atoms with van der Waals surface area (Å²) >= 11 is 0. The number of nitrogens with zero attached hydrogens (tertiary/aromatic N) is 1. The lowest BCUT2D eigenvalue weighted by Gasteiger charge is -2.32. The van der Waals surface area contributed by atoms with E-state index < -0.39 is 16.0 Å². The standard InChI is InChI=1S/C19H28N2O5S/c1-14(2)12-20-18(22)13-26-19(23)16-7-9-17(10-8-16)27(24,25)21-11-5-4-6-15(21)3/h7-10,14-15H,4-6,11-13H2,1-3H3,(H,20,22)/t15-/m1/s1. The van der Waals surface area contributed by atoms with Crippen molar-refractivity contribution in [1.82, 2.24) is 9.62 Å². The molecular formula is C19H28N2O5S. The maximum absolute atomic E-state index is 12.8. The van der Waals surface area contributed by atoms with Gasteiger partial charge in [0.2, 0.25) is 10.0 Å². The third-order valence-electron chi connectivity index (χ3n) is 4.48. The highest BCUT2D eigenvalue weighted by atomic mass is 32.2. The van der Waals surface area contributed by atoms with E-state index >= 15 is 0 Å². The summed E-state index contributed by atoms with van der Waals surface area (Å²) in [5, 5.41) is 2.66. The second-order valence-electron chi connectivity index (χ2n) is 7.26. The summed E-state index contributed by atoms with van der Waals surface area (Å²) in [5.74, 6) is -0.720. The number of carbonyl (C=O) groups is 2. The van der Waals surface area contributed by atoms with Gasteiger partial charge in [-0.2, -0.15) is 4.31 Å². The normalized spacial score (nSPS) is 18.3. The lowest BCUT2D eigenvalue weighted by atomic mass is 10.1. The van der Waals surface area contributed by atoms with Gasteiger partial charge in [0.15, 0.2) is 6.61 Å². The van der Waals surface area contributed by atoms with Gasteiger partial charge in [-0.25, -0.2) is 13.2 Å². The third kappa shape index (κ3) is 5.77. The largest absolute Gasteiger partial charge is 0.452 e. The van der Waals surface area contributed by atoms with Crippen LogP contribution in [0.1, 0.15) is 50.4 Å². The van der Waals surface area contributed by atoms with Crippen molar-refractivity contribution in [2.45, 2.75) is 51.0 Å². The fourth-order valence-corrected chi connectivity index (χ4v) is 4.61. The molecule has 1 atom stereocenters. The average Bonchev–Trinajstić information content (AvgIpc) is 2.64. The Bertz CT molecular complexity index is 759. The second kappa shape index (κ2) is 9.32. The molecule has 2 rings (SSSR count). The Morgan fingerprint density at radius 1 is 1.22 bits per heavy atom. The zero-order valence-corrected chi connectivity index (χ0v) is 16.9. The van der Waals surface area contributed by atoms with Crippen LogP contribution in [0.2, 0.25) is 0 Å². The Hall–Kier alpha value is -1.93. The van der Waals surface area contributed by atoms with Gasteiger partial charge in [0.25, 0.3) is 5.91 Å². The first kappa shape index (κ1) is 21.4. The minimum Gasteiger partial charge on any atom is -0.452 e. The number of hydrogen-bond donors (Lipinski definition) is 1. The Labute approximate surface area is 161 Å². The lowest BCUT2D eigenvalue weighted by molar-refractivity contribution is -0.124. The molecule has 0 unspecified atom stereocenters. The van der Waals surface area contributed by atoms with Gasteiger partial charge < -0.3 is 10.1 Å². The molecule has 7 nitrogen and oxygen atoms in total. The predicted molar refractivity (Wildman–Crippen MR) is 102 cm³/mol. The average molecular weight is 397 g/mol. The number of carbonyl (C=O) groups excluding carboxylic acids is 2. The molecule has 0 spiro atoms. The number of esters is 1. The van der Waals surface area contributed by atoms with Crippen LogP contribution in [-0.2, 0) is 19.6 Å². The van der Waals surface area contributed by atoms with Gasteiger partial charge in [-0.1, -0.05) is 20.3 Å². The van der Waals surface area contributed by atoms with E-state index in [1.54, 1.807) is 0 Å². The number of amides is 1. The van der Waals surface area contributed by atoms with Crippen molar-refractivity contribution >= 4 is 21.9 Å². The topological polar surface area (TPSA) is 92.8 Å². The first-order valence-electron chi connectivity index (χ1n) is 9.27. The summed E-state index contributed by atoms with van der Waals surface area (Å²) in [7, 11) is -3.58. The molecule has 1 aromatic carbocycles. The Kier molecular flexibility index (Phi) is 7.38. The summed E-state index contributed by atoms with van der Waals surface area (Å²) in [4.78, 5) is 23.8. The minimum absolute atomic E-state index is 0.0299. The van der Waals surface area contributed by atoms with Gasteiger partial charge in [-0.3, -0.25) is 4.79 Å². The summed E-state index contributed by atoms with van der Waals surface area (Å²) in [6.07, 6.45) is 2.73. The van der Waals surface area contributed by atoms with Crippen molar-refractivity contribution in [2.24, 2.45) is 5.92 Å². The van der Waals surface area contributed by atoms with Crippen LogP contribution in [0.5, 0.6) is 0 Å². The number of sulfonamides is 1. The van der Waals surface area contributed by atoms with Gasteiger partial charge in [0.05, 0.1) is 10.5 Å². The van der Waals surface area contributed by atoms with Crippen LogP contribution < -0.4 is 5.32 Å². The van der Waals surface area contributed by atoms with E-state index in [-0.39, 0.29) is 29.0 Å². The van der Waals surface area contributed by atoms with Gasteiger partial charge in [-0.05, 0) is 49.9 Å². The van der Waals surface area contributed by atoms with Gasteiger partial charge in [-0.15, -0.1) is 0 Å². The molecule has 1 aromatic rings. The number of ether oxygens (including phenoxy) is 1. The number of hydrogen-bond acceptors (Lipinski definition) is 5. The molecular weight excluding hydrogens is 368 g/mol. The van der Waals surface area contributed by atoms with E-state index in [0.29, 0.717) is 19.0 Å². The van der Waals surface area contributed by atoms with Gasteiger partial charge in [0, 0.05) is 19.1 Å². The third-order valence-corrected chi connectivity index (χ3v) is 6.51. The minimum atomic E-state index is -3.58. The molecule has 1 saturated heterocycles. The molecule has 0 aliphatic carbocycles. The van der Waals surface area contributed by atoms with Crippen LogP contribution in [-0.4, -0.2) is 50.3 Å². The summed E-state index contributed by atoms with van der Waals surface area (Å²) in [6.45, 7) is 6.50. The summed E-state index contributed by atoms with van der Waals surface area (Å²) in [5.41, 5.74) is 0.206. The predicted octanol–water partition coefficient (Wildman–Crippen LogP) is 2.18. The lowest BCUT2D eigenvalue weighted by Crippen LogP contribution is -2.41. The van der Waals surface area contributed by atoms with E-state index in [2.05, 4.69) is 5.32 Å². The number of rotatable bonds is 7. The summed E-state index contributed by atoms with van der Waals surface area (Å²) < 4.78 is 32.0. The first-order valence-corrected chi connectivity index (χ1v) is 10.7. The molecule has 0 aromatic heterocycles. The number of piperidine rings is 1. The van der Waals surface area contributed by atoms with E-state index in [1.807, 2.05) is 20.8 Å². The van der Waals surface area contributed by atoms with E-state index in [0.717, 1.165) is 19.3 Å². The Morgan fingerprint density at radius 3 is 2.48 bits per heavy atom. The molecule has 1 heterocycles. The molecule has 1 aliphatic rings. The van der Waals surface area contributed by atoms with Gasteiger partial charge in [0.1, 0.15) is 0 Å². The fraction of sp³-hybridized carbons (Fsp3) is 0.579. The van der Waals surface area contributed by atoms with Crippen LogP contribution in [0.25, 0.3) is 0 Å². The highest BCUT2D eigenvalue weighted by Crippen LogP contribution is 2.25. The fourth-order valence-electron chi connectivity index (χ4n) is 2.91. The van der Waals surface area contributed by atoms with Crippen molar-refractivity contribution in [3.8, 4) is 0 Å². The van der Waals surface area contributed by atoms with Crippen LogP contribution in [0.3, 0.4) is 0 Å². The Balaban J connectivity index is 1.97. The van der Waals surface area contributed by atoms with Crippen LogP contribution in [0.15, 0.2) is 29.2 Å². The molecule has 0 saturated carbocycles. The summed E-state index contributed by atoms with van der Waals surface area (Å²) in [6, 6.07) is 5.61. The van der Waals surface area contributed by atoms with Crippen LogP contribution >= 0.6 is 0 Å². The molecule has 150 valence electrons. The van der Waals surface area contributed by atoms with E-state index in [9.17, 15) is 18.0 Å². The monoisotopic (exact) mass is 396 g/mol. The highest BCUT2D eigenvalue weighted by molar-refractivity contribution is 7.89. The van der Waals surface area contributed by atoms with Crippen molar-refractivity contribution < 1.29 is 22.7 Å². The molecule has 8 heteroatoms. The molecule has 27 heavy (non-hydrogen) atoms. The quantitative estimate of drug-likeness (QED) is 0.713. The molecule has 1 amide bonds. The van der Waals surface area contributed by atoms with Crippen LogP contribution in [0.4, 0.5) is 0 Å². The van der Waals surface area contributed by atoms with Crippen molar-refractivity contribution in [3.63, 3.8) is 0 Å². The molecule has 0 bridgehead atoms. The molecule has 1 aliphatic heterocycles. The number of nitrogens with one attached hydrogen (secondary N) is 1. The number of benzene rings is 1. The van der Waals surface area contributed by atoms with Crippen LogP contribution in [0, 0.1) is 5.92 Å². The second-order valence-corrected chi connectivity index (χ2v) is 9.15. The molecule has 1 N–H and O–H groups in total. The molecule has 1 fully saturated rings. The van der Waals surface area contributed by atoms with Gasteiger partial charge >= 0.3 is 5.97 Å². The smallest absolute Gasteiger partial charge is 0.338 e. The van der Waals surface area contributed by atoms with Crippen molar-refractivity contribution in [1.29, 1.82) is 0 Å². The first-order chi connectivity index (χ1) is 12.7. The zero-order valence-electron chi connectivity index (χ0n) is 16.1.